The molecule has 4 fully saturated rings. The van der Waals surface area contributed by atoms with Crippen LogP contribution in [0.1, 0.15) is 98.3 Å². The van der Waals surface area contributed by atoms with Crippen molar-refractivity contribution in [2.45, 2.75) is 102 Å². The van der Waals surface area contributed by atoms with Crippen LogP contribution in [0.15, 0.2) is 18.5 Å². The number of nitrogens with zero attached hydrogens (tertiary/aromatic N) is 7. The summed E-state index contributed by atoms with van der Waals surface area (Å²) in [4.78, 5) is 38.2. The van der Waals surface area contributed by atoms with Crippen molar-refractivity contribution < 1.29 is 31.5 Å². The molecule has 2 saturated carbocycles. The van der Waals surface area contributed by atoms with Gasteiger partial charge in [-0.2, -0.15) is 23.4 Å². The maximum Gasteiger partial charge on any atom is 0.393 e. The molecule has 5 heterocycles. The van der Waals surface area contributed by atoms with Gasteiger partial charge < -0.3 is 10.6 Å². The Labute approximate surface area is 280 Å². The molecule has 7 rings (SSSR count). The van der Waals surface area contributed by atoms with Gasteiger partial charge in [0.2, 0.25) is 11.8 Å². The number of hydrogen-bond acceptors (Lipinski definition) is 7. The Kier molecular flexibility index (Phi) is 8.89. The average Bonchev–Trinajstić information content (AvgIpc) is 3.42. The molecule has 0 radical (unpaired) electrons. The van der Waals surface area contributed by atoms with Crippen molar-refractivity contribution in [2.24, 2.45) is 23.2 Å². The molecular formula is C33H42F5N9O2. The van der Waals surface area contributed by atoms with E-state index in [0.29, 0.717) is 41.3 Å². The normalized spacial score (nSPS) is 25.0. The third kappa shape index (κ3) is 7.29. The van der Waals surface area contributed by atoms with Crippen molar-refractivity contribution in [3.8, 4) is 0 Å². The third-order valence-electron chi connectivity index (χ3n) is 11.0. The largest absolute Gasteiger partial charge is 0.393 e. The number of carbonyl (C=O) groups excluding carboxylic acids is 2. The van der Waals surface area contributed by atoms with Gasteiger partial charge in [0.25, 0.3) is 11.7 Å². The predicted octanol–water partition coefficient (Wildman–Crippen LogP) is 4.87. The maximum atomic E-state index is 14.2. The maximum absolute atomic E-state index is 14.2. The Bertz CT molecular complexity index is 1690. The van der Waals surface area contributed by atoms with Gasteiger partial charge in [0.05, 0.1) is 35.2 Å². The summed E-state index contributed by atoms with van der Waals surface area (Å²) in [5, 5.41) is 14.4. The van der Waals surface area contributed by atoms with Gasteiger partial charge in [0.1, 0.15) is 5.69 Å². The lowest BCUT2D eigenvalue weighted by Gasteiger charge is -2.33. The number of carbonyl (C=O) groups is 2. The fourth-order valence-electron chi connectivity index (χ4n) is 7.96. The van der Waals surface area contributed by atoms with Gasteiger partial charge in [-0.1, -0.05) is 0 Å². The first-order chi connectivity index (χ1) is 23.3. The van der Waals surface area contributed by atoms with Gasteiger partial charge in [-0.25, -0.2) is 23.3 Å². The highest BCUT2D eigenvalue weighted by atomic mass is 19.4. The van der Waals surface area contributed by atoms with E-state index >= 15 is 0 Å². The molecular weight excluding hydrogens is 649 g/mol. The highest BCUT2D eigenvalue weighted by Gasteiger charge is 2.47. The summed E-state index contributed by atoms with van der Waals surface area (Å²) in [6.45, 7) is 4.03. The molecule has 16 heteroatoms. The molecule has 1 spiro atoms. The molecule has 2 N–H and O–H groups in total. The van der Waals surface area contributed by atoms with E-state index in [0.717, 1.165) is 19.5 Å². The van der Waals surface area contributed by atoms with Crippen molar-refractivity contribution in [3.63, 3.8) is 0 Å². The number of nitrogens with one attached hydrogen (secondary N) is 2. The highest BCUT2D eigenvalue weighted by molar-refractivity contribution is 5.92. The average molecular weight is 692 g/mol. The zero-order valence-corrected chi connectivity index (χ0v) is 27.5. The number of likely N-dealkylation sites (tertiary alicyclic amines) is 1. The molecule has 0 unspecified atom stereocenters. The molecule has 0 aromatic carbocycles. The van der Waals surface area contributed by atoms with E-state index in [-0.39, 0.29) is 50.2 Å². The number of amides is 2. The molecule has 4 aliphatic rings. The van der Waals surface area contributed by atoms with Crippen molar-refractivity contribution in [3.05, 3.63) is 41.2 Å². The first-order valence-corrected chi connectivity index (χ1v) is 17.3. The van der Waals surface area contributed by atoms with Gasteiger partial charge in [-0.3, -0.25) is 19.2 Å². The van der Waals surface area contributed by atoms with Crippen LogP contribution in [0.3, 0.4) is 0 Å². The Balaban J connectivity index is 1.22. The van der Waals surface area contributed by atoms with Crippen LogP contribution in [0.25, 0.3) is 5.78 Å². The van der Waals surface area contributed by atoms with Crippen molar-refractivity contribution >= 4 is 17.6 Å². The van der Waals surface area contributed by atoms with Gasteiger partial charge >= 0.3 is 6.18 Å². The molecule has 11 nitrogen and oxygen atoms in total. The van der Waals surface area contributed by atoms with E-state index in [1.54, 1.807) is 16.9 Å². The van der Waals surface area contributed by atoms with Gasteiger partial charge in [0.15, 0.2) is 0 Å². The van der Waals surface area contributed by atoms with E-state index in [1.807, 2.05) is 6.92 Å². The minimum atomic E-state index is -4.44. The molecule has 3 aromatic rings. The summed E-state index contributed by atoms with van der Waals surface area (Å²) in [5.74, 6) is -6.33. The van der Waals surface area contributed by atoms with Crippen molar-refractivity contribution in [1.82, 2.24) is 44.9 Å². The van der Waals surface area contributed by atoms with Crippen LogP contribution < -0.4 is 10.6 Å². The van der Waals surface area contributed by atoms with Gasteiger partial charge in [-0.15, -0.1) is 0 Å². The number of fused-ring (bicyclic) bond motifs is 1. The second-order valence-electron chi connectivity index (χ2n) is 14.5. The predicted molar refractivity (Wildman–Crippen MR) is 166 cm³/mol. The van der Waals surface area contributed by atoms with Gasteiger partial charge in [0, 0.05) is 57.6 Å². The number of halogens is 5. The second-order valence-corrected chi connectivity index (χ2v) is 14.5. The number of aryl methyl sites for hydroxylation is 1. The topological polar surface area (TPSA) is 122 Å². The molecule has 2 aliphatic carbocycles. The zero-order valence-electron chi connectivity index (χ0n) is 27.5. The smallest absolute Gasteiger partial charge is 0.355 e. The van der Waals surface area contributed by atoms with Crippen LogP contribution in [0.5, 0.6) is 0 Å². The van der Waals surface area contributed by atoms with Crippen LogP contribution in [-0.2, 0) is 24.3 Å². The Morgan fingerprint density at radius 3 is 2.61 bits per heavy atom. The summed E-state index contributed by atoms with van der Waals surface area (Å²) in [5.41, 5.74) is 2.01. The van der Waals surface area contributed by atoms with Crippen molar-refractivity contribution in [1.29, 1.82) is 0 Å². The molecule has 266 valence electrons. The fourth-order valence-corrected chi connectivity index (χ4v) is 7.96. The summed E-state index contributed by atoms with van der Waals surface area (Å²) < 4.78 is 72.4. The summed E-state index contributed by atoms with van der Waals surface area (Å²) >= 11 is 0. The van der Waals surface area contributed by atoms with Crippen molar-refractivity contribution in [2.75, 3.05) is 19.6 Å². The summed E-state index contributed by atoms with van der Waals surface area (Å²) in [6, 6.07) is 0.862. The van der Waals surface area contributed by atoms with E-state index in [4.69, 9.17) is 15.1 Å². The number of hydrogen-bond donors (Lipinski definition) is 2. The molecule has 49 heavy (non-hydrogen) atoms. The van der Waals surface area contributed by atoms with Gasteiger partial charge in [-0.05, 0) is 75.8 Å². The Morgan fingerprint density at radius 2 is 1.90 bits per heavy atom. The van der Waals surface area contributed by atoms with Crippen LogP contribution in [0.4, 0.5) is 22.0 Å². The van der Waals surface area contributed by atoms with Crippen LogP contribution in [-0.4, -0.2) is 77.8 Å². The molecule has 2 aliphatic heterocycles. The molecule has 2 amide bonds. The number of alkyl halides is 5. The minimum Gasteiger partial charge on any atom is -0.355 e. The summed E-state index contributed by atoms with van der Waals surface area (Å²) in [7, 11) is 0. The lowest BCUT2D eigenvalue weighted by atomic mass is 9.81. The Morgan fingerprint density at radius 1 is 1.12 bits per heavy atom. The first kappa shape index (κ1) is 33.8. The lowest BCUT2D eigenvalue weighted by Crippen LogP contribution is -2.47. The zero-order chi connectivity index (χ0) is 34.6. The van der Waals surface area contributed by atoms with Crippen LogP contribution in [0, 0.1) is 23.2 Å². The first-order valence-electron chi connectivity index (χ1n) is 17.3. The monoisotopic (exact) mass is 691 g/mol. The number of aromatic nitrogens is 6. The standard InChI is InChI=1S/C33H42F5N9O2/c1-2-46-26(6-12-40-46)29(49)43-27(20-4-8-32(34,35)9-5-20)25-18-47-30(42-25)41-24(17-45-13-3-7-31(19-45)10-11-31)23(44-47)15-21-14-22(33(36,37)38)16-39-28(21)48/h6,12,18,20-22,27H,2-5,7-11,13-17,19H2,1H3,(H,39,48)(H,43,49)/t21-,22-,27+/m1/s1. The number of piperidine rings is 2. The summed E-state index contributed by atoms with van der Waals surface area (Å²) in [6.07, 6.45) is 2.59. The minimum absolute atomic E-state index is 0.0257. The molecule has 3 aromatic heterocycles. The van der Waals surface area contributed by atoms with Crippen LogP contribution in [0.2, 0.25) is 0 Å². The number of imidazole rings is 1. The van der Waals surface area contributed by atoms with E-state index in [9.17, 15) is 31.5 Å². The fraction of sp³-hybridized carbons (Fsp3) is 0.697. The number of rotatable bonds is 9. The SMILES string of the molecule is CCn1nccc1C(=O)N[C@H](c1cn2nc(C[C@H]3C[C@@H](C(F)(F)F)CNC3=O)c(CN3CCCC4(CC4)C3)nc2n1)C1CCC(F)(F)CC1. The van der Waals surface area contributed by atoms with E-state index in [1.165, 1.54) is 30.0 Å². The lowest BCUT2D eigenvalue weighted by molar-refractivity contribution is -0.183. The van der Waals surface area contributed by atoms with E-state index in [2.05, 4.69) is 20.6 Å². The highest BCUT2D eigenvalue weighted by Crippen LogP contribution is 2.52. The quantitative estimate of drug-likeness (QED) is 0.307. The van der Waals surface area contributed by atoms with Crippen LogP contribution >= 0.6 is 0 Å². The van der Waals surface area contributed by atoms with E-state index < -0.39 is 48.3 Å². The molecule has 3 atom stereocenters. The molecule has 2 saturated heterocycles. The Hall–Kier alpha value is -3.69. The molecule has 0 bridgehead atoms. The third-order valence-corrected chi connectivity index (χ3v) is 11.0. The second kappa shape index (κ2) is 12.9.